The molecule has 0 unspecified atom stereocenters. The van der Waals surface area contributed by atoms with Crippen molar-refractivity contribution in [3.05, 3.63) is 113 Å². The molecule has 0 saturated heterocycles. The summed E-state index contributed by atoms with van der Waals surface area (Å²) >= 11 is 7.36. The van der Waals surface area contributed by atoms with Gasteiger partial charge in [-0.15, -0.1) is 0 Å². The molecule has 1 aliphatic heterocycles. The van der Waals surface area contributed by atoms with E-state index in [0.717, 1.165) is 11.1 Å². The highest BCUT2D eigenvalue weighted by atomic mass is 35.5. The molecule has 0 amide bonds. The molecule has 0 spiro atoms. The maximum absolute atomic E-state index is 13.9. The molecule has 0 bridgehead atoms. The molecule has 10 heteroatoms. The van der Waals surface area contributed by atoms with E-state index >= 15 is 0 Å². The third-order valence-electron chi connectivity index (χ3n) is 6.74. The Labute approximate surface area is 257 Å². The molecule has 222 valence electrons. The number of carbonyl (C=O) groups is 2. The fraction of sp³-hybridized carbons (Fsp3) is 0.273. The van der Waals surface area contributed by atoms with E-state index in [2.05, 4.69) is 4.99 Å². The quantitative estimate of drug-likeness (QED) is 0.237. The first kappa shape index (κ1) is 30.3. The average molecular weight is 619 g/mol. The number of hydrogen-bond acceptors (Lipinski definition) is 8. The van der Waals surface area contributed by atoms with Crippen LogP contribution in [0.1, 0.15) is 67.9 Å². The summed E-state index contributed by atoms with van der Waals surface area (Å²) in [7, 11) is 0. The van der Waals surface area contributed by atoms with Gasteiger partial charge in [0.2, 0.25) is 0 Å². The Morgan fingerprint density at radius 3 is 2.30 bits per heavy atom. The predicted octanol–water partition coefficient (Wildman–Crippen LogP) is 5.97. The van der Waals surface area contributed by atoms with Crippen molar-refractivity contribution in [1.29, 1.82) is 0 Å². The summed E-state index contributed by atoms with van der Waals surface area (Å²) in [6, 6.07) is 15.2. The number of hydrogen-bond donors (Lipinski definition) is 0. The van der Waals surface area contributed by atoms with Crippen LogP contribution in [0, 0.1) is 6.92 Å². The largest absolute Gasteiger partial charge is 0.459 e. The predicted molar refractivity (Wildman–Crippen MR) is 166 cm³/mol. The monoisotopic (exact) mass is 618 g/mol. The molecule has 0 fully saturated rings. The Bertz CT molecular complexity index is 1930. The molecule has 2 aromatic heterocycles. The lowest BCUT2D eigenvalue weighted by molar-refractivity contribution is -0.143. The van der Waals surface area contributed by atoms with Gasteiger partial charge >= 0.3 is 11.9 Å². The fourth-order valence-electron chi connectivity index (χ4n) is 4.87. The van der Waals surface area contributed by atoms with Crippen molar-refractivity contribution in [2.75, 3.05) is 0 Å². The van der Waals surface area contributed by atoms with Gasteiger partial charge in [0.25, 0.3) is 5.56 Å². The minimum absolute atomic E-state index is 0.211. The van der Waals surface area contributed by atoms with Crippen LogP contribution in [0.5, 0.6) is 0 Å². The molecule has 1 aliphatic rings. The SMILES string of the molecule is CC1=C(C(=O)OC(C)C)[C@H](c2ccc(Cl)cc2)n2c(s/c(=C/c3ccc(-c4ccc(C(=O)OC(C)C)cc4C)o3)c2=O)=N1. The third kappa shape index (κ3) is 6.28. The second kappa shape index (κ2) is 12.2. The molecule has 0 radical (unpaired) electrons. The highest BCUT2D eigenvalue weighted by Crippen LogP contribution is 2.32. The van der Waals surface area contributed by atoms with Gasteiger partial charge in [0, 0.05) is 16.7 Å². The maximum Gasteiger partial charge on any atom is 0.338 e. The Kier molecular flexibility index (Phi) is 8.57. The van der Waals surface area contributed by atoms with Crippen LogP contribution in [0.2, 0.25) is 5.02 Å². The topological polar surface area (TPSA) is 100 Å². The van der Waals surface area contributed by atoms with Gasteiger partial charge < -0.3 is 13.9 Å². The summed E-state index contributed by atoms with van der Waals surface area (Å²) in [6.07, 6.45) is 1.11. The number of carbonyl (C=O) groups excluding carboxylic acids is 2. The number of rotatable bonds is 7. The van der Waals surface area contributed by atoms with Crippen LogP contribution in [0.4, 0.5) is 0 Å². The molecule has 0 N–H and O–H groups in total. The van der Waals surface area contributed by atoms with Crippen LogP contribution < -0.4 is 14.9 Å². The number of thiazole rings is 1. The molecule has 3 heterocycles. The maximum atomic E-state index is 13.9. The number of aromatic nitrogens is 1. The number of ether oxygens (including phenoxy) is 2. The number of aryl methyl sites for hydroxylation is 1. The molecule has 4 aromatic rings. The highest BCUT2D eigenvalue weighted by molar-refractivity contribution is 7.07. The van der Waals surface area contributed by atoms with Gasteiger partial charge in [-0.05, 0) is 89.1 Å². The molecule has 8 nitrogen and oxygen atoms in total. The Morgan fingerprint density at radius 1 is 0.977 bits per heavy atom. The molecule has 0 saturated carbocycles. The summed E-state index contributed by atoms with van der Waals surface area (Å²) in [4.78, 5) is 44.5. The van der Waals surface area contributed by atoms with Crippen LogP contribution in [-0.4, -0.2) is 28.7 Å². The Morgan fingerprint density at radius 2 is 1.65 bits per heavy atom. The standard InChI is InChI=1S/C33H31ClN2O6S/c1-17(2)40-31(38)22-9-13-25(19(5)15-22)26-14-12-24(42-26)16-27-30(37)36-29(21-7-10-23(34)11-8-21)28(32(39)41-18(3)4)20(6)35-33(36)43-27/h7-18,29H,1-6H3/b27-16+/t29-/m0/s1. The van der Waals surface area contributed by atoms with E-state index < -0.39 is 12.0 Å². The summed E-state index contributed by atoms with van der Waals surface area (Å²) in [6.45, 7) is 10.8. The number of esters is 2. The molecule has 43 heavy (non-hydrogen) atoms. The van der Waals surface area contributed by atoms with Crippen molar-refractivity contribution in [2.24, 2.45) is 4.99 Å². The number of benzene rings is 2. The smallest absolute Gasteiger partial charge is 0.338 e. The van der Waals surface area contributed by atoms with Crippen molar-refractivity contribution in [3.8, 4) is 11.3 Å². The second-order valence-electron chi connectivity index (χ2n) is 10.8. The van der Waals surface area contributed by atoms with Crippen LogP contribution in [-0.2, 0) is 14.3 Å². The van der Waals surface area contributed by atoms with Crippen LogP contribution in [0.25, 0.3) is 17.4 Å². The van der Waals surface area contributed by atoms with Crippen molar-refractivity contribution in [2.45, 2.75) is 59.8 Å². The molecular weight excluding hydrogens is 588 g/mol. The van der Waals surface area contributed by atoms with Gasteiger partial charge in [0.05, 0.1) is 39.6 Å². The summed E-state index contributed by atoms with van der Waals surface area (Å²) in [5, 5.41) is 0.539. The van der Waals surface area contributed by atoms with E-state index in [-0.39, 0.29) is 23.7 Å². The van der Waals surface area contributed by atoms with Gasteiger partial charge in [-0.1, -0.05) is 41.1 Å². The first-order valence-electron chi connectivity index (χ1n) is 13.8. The van der Waals surface area contributed by atoms with E-state index in [9.17, 15) is 14.4 Å². The summed E-state index contributed by atoms with van der Waals surface area (Å²) in [5.74, 6) is 0.156. The van der Waals surface area contributed by atoms with Gasteiger partial charge in [-0.2, -0.15) is 0 Å². The van der Waals surface area contributed by atoms with Crippen molar-refractivity contribution >= 4 is 41.0 Å². The van der Waals surface area contributed by atoms with E-state index in [0.29, 0.717) is 48.3 Å². The molecule has 1 atom stereocenters. The number of nitrogens with zero attached hydrogens (tertiary/aromatic N) is 2. The number of allylic oxidation sites excluding steroid dienone is 1. The zero-order valence-electron chi connectivity index (χ0n) is 24.6. The van der Waals surface area contributed by atoms with E-state index in [1.807, 2.05) is 19.1 Å². The first-order valence-corrected chi connectivity index (χ1v) is 15.0. The fourth-order valence-corrected chi connectivity index (χ4v) is 6.03. The summed E-state index contributed by atoms with van der Waals surface area (Å²) in [5.41, 5.74) is 3.30. The van der Waals surface area contributed by atoms with Gasteiger partial charge in [-0.25, -0.2) is 14.6 Å². The zero-order valence-corrected chi connectivity index (χ0v) is 26.2. The Balaban J connectivity index is 1.55. The van der Waals surface area contributed by atoms with E-state index in [1.165, 1.54) is 15.9 Å². The van der Waals surface area contributed by atoms with Crippen LogP contribution in [0.15, 0.2) is 80.1 Å². The van der Waals surface area contributed by atoms with Crippen molar-refractivity contribution < 1.29 is 23.5 Å². The van der Waals surface area contributed by atoms with Gasteiger partial charge in [0.1, 0.15) is 11.5 Å². The lowest BCUT2D eigenvalue weighted by Gasteiger charge is -2.25. The highest BCUT2D eigenvalue weighted by Gasteiger charge is 2.33. The zero-order chi connectivity index (χ0) is 31.0. The number of halogens is 1. The Hall–Kier alpha value is -4.21. The van der Waals surface area contributed by atoms with Crippen LogP contribution >= 0.6 is 22.9 Å². The van der Waals surface area contributed by atoms with Crippen molar-refractivity contribution in [3.63, 3.8) is 0 Å². The molecule has 5 rings (SSSR count). The lowest BCUT2D eigenvalue weighted by atomic mass is 9.96. The summed E-state index contributed by atoms with van der Waals surface area (Å²) < 4.78 is 18.9. The van der Waals surface area contributed by atoms with Crippen molar-refractivity contribution in [1.82, 2.24) is 4.57 Å². The molecule has 2 aromatic carbocycles. The lowest BCUT2D eigenvalue weighted by Crippen LogP contribution is -2.40. The minimum Gasteiger partial charge on any atom is -0.459 e. The number of fused-ring (bicyclic) bond motifs is 1. The van der Waals surface area contributed by atoms with E-state index in [1.54, 1.807) is 83.2 Å². The van der Waals surface area contributed by atoms with Crippen LogP contribution in [0.3, 0.4) is 0 Å². The molecular formula is C33H31ClN2O6S. The minimum atomic E-state index is -0.738. The van der Waals surface area contributed by atoms with Gasteiger partial charge in [-0.3, -0.25) is 9.36 Å². The average Bonchev–Trinajstić information content (AvgIpc) is 3.51. The molecule has 0 aliphatic carbocycles. The van der Waals surface area contributed by atoms with Gasteiger partial charge in [0.15, 0.2) is 4.80 Å². The van der Waals surface area contributed by atoms with E-state index in [4.69, 9.17) is 25.5 Å². The normalized spacial score (nSPS) is 15.1. The number of furan rings is 1. The first-order chi connectivity index (χ1) is 20.4. The third-order valence-corrected chi connectivity index (χ3v) is 7.98. The second-order valence-corrected chi connectivity index (χ2v) is 12.2.